The highest BCUT2D eigenvalue weighted by molar-refractivity contribution is 6.03. The maximum absolute atomic E-state index is 12.9. The van der Waals surface area contributed by atoms with Gasteiger partial charge in [0.25, 0.3) is 11.8 Å². The maximum Gasteiger partial charge on any atom is 0.418 e. The molecule has 0 aliphatic rings. The van der Waals surface area contributed by atoms with E-state index in [1.807, 2.05) is 6.92 Å². The fourth-order valence-corrected chi connectivity index (χ4v) is 3.32. The van der Waals surface area contributed by atoms with Crippen molar-refractivity contribution >= 4 is 17.5 Å². The first-order valence-corrected chi connectivity index (χ1v) is 10.2. The lowest BCUT2D eigenvalue weighted by atomic mass is 9.99. The molecule has 0 aliphatic carbocycles. The van der Waals surface area contributed by atoms with E-state index in [0.717, 1.165) is 16.7 Å². The van der Waals surface area contributed by atoms with Crippen LogP contribution in [-0.2, 0) is 6.18 Å². The largest absolute Gasteiger partial charge is 0.418 e. The average molecular weight is 478 g/mol. The number of aryl methyl sites for hydroxylation is 1. The molecule has 0 atom stereocenters. The van der Waals surface area contributed by atoms with E-state index in [4.69, 9.17) is 5.73 Å². The number of amides is 2. The Kier molecular flexibility index (Phi) is 6.24. The molecule has 0 spiro atoms. The van der Waals surface area contributed by atoms with Crippen LogP contribution >= 0.6 is 0 Å². The van der Waals surface area contributed by atoms with Crippen molar-refractivity contribution in [2.75, 3.05) is 5.32 Å². The van der Waals surface area contributed by atoms with E-state index < -0.39 is 29.2 Å². The first kappa shape index (κ1) is 23.5. The summed E-state index contributed by atoms with van der Waals surface area (Å²) in [6.45, 7) is 1.87. The normalized spacial score (nSPS) is 11.2. The number of carbonyl (C=O) groups is 2. The minimum Gasteiger partial charge on any atom is -0.364 e. The molecule has 0 fully saturated rings. The van der Waals surface area contributed by atoms with E-state index >= 15 is 0 Å². The van der Waals surface area contributed by atoms with Gasteiger partial charge in [0.05, 0.1) is 17.5 Å². The zero-order valence-electron chi connectivity index (χ0n) is 18.2. The van der Waals surface area contributed by atoms with Crippen LogP contribution in [0.15, 0.2) is 67.1 Å². The molecule has 0 saturated heterocycles. The minimum atomic E-state index is -4.64. The van der Waals surface area contributed by atoms with Gasteiger partial charge in [-0.1, -0.05) is 6.07 Å². The second-order valence-corrected chi connectivity index (χ2v) is 7.53. The minimum absolute atomic E-state index is 0.105. The van der Waals surface area contributed by atoms with E-state index in [1.165, 1.54) is 12.3 Å². The van der Waals surface area contributed by atoms with Crippen molar-refractivity contribution in [3.8, 4) is 22.4 Å². The topological polar surface area (TPSA) is 124 Å². The number of nitrogens with one attached hydrogen (secondary N) is 1. The summed E-state index contributed by atoms with van der Waals surface area (Å²) in [5.74, 6) is -1.49. The quantitative estimate of drug-likeness (QED) is 0.441. The van der Waals surface area contributed by atoms with Gasteiger partial charge in [-0.25, -0.2) is 0 Å². The highest BCUT2D eigenvalue weighted by atomic mass is 19.4. The third-order valence-corrected chi connectivity index (χ3v) is 5.09. The Hall–Kier alpha value is -4.67. The lowest BCUT2D eigenvalue weighted by Crippen LogP contribution is -2.16. The Labute approximate surface area is 197 Å². The molecule has 35 heavy (non-hydrogen) atoms. The van der Waals surface area contributed by atoms with Crippen molar-refractivity contribution in [2.24, 2.45) is 5.73 Å². The van der Waals surface area contributed by atoms with Crippen molar-refractivity contribution < 1.29 is 22.8 Å². The van der Waals surface area contributed by atoms with Crippen molar-refractivity contribution in [1.29, 1.82) is 0 Å². The van der Waals surface area contributed by atoms with Crippen molar-refractivity contribution in [3.05, 3.63) is 89.6 Å². The first-order valence-electron chi connectivity index (χ1n) is 10.2. The smallest absolute Gasteiger partial charge is 0.364 e. The lowest BCUT2D eigenvalue weighted by molar-refractivity contribution is -0.137. The Balaban J connectivity index is 1.63. The summed E-state index contributed by atoms with van der Waals surface area (Å²) in [5, 5.41) is 9.34. The number of hydrogen-bond donors (Lipinski definition) is 2. The highest BCUT2D eigenvalue weighted by Crippen LogP contribution is 2.30. The number of aromatic nitrogens is 4. The highest BCUT2D eigenvalue weighted by Gasteiger charge is 2.32. The number of carbonyl (C=O) groups excluding carboxylic acids is 2. The van der Waals surface area contributed by atoms with Gasteiger partial charge >= 0.3 is 6.18 Å². The van der Waals surface area contributed by atoms with E-state index in [1.54, 1.807) is 42.6 Å². The molecule has 1 aromatic carbocycles. The fraction of sp³-hybridized carbons (Fsp3) is 0.0833. The molecular formula is C24H17F3N6O2. The molecule has 0 bridgehead atoms. The number of pyridine rings is 2. The lowest BCUT2D eigenvalue weighted by Gasteiger charge is -2.12. The molecule has 3 heterocycles. The number of halogens is 3. The van der Waals surface area contributed by atoms with E-state index in [9.17, 15) is 22.8 Å². The van der Waals surface area contributed by atoms with Crippen LogP contribution in [0.5, 0.6) is 0 Å². The molecule has 176 valence electrons. The number of primary amides is 1. The van der Waals surface area contributed by atoms with Gasteiger partial charge in [0.2, 0.25) is 0 Å². The Morgan fingerprint density at radius 2 is 1.66 bits per heavy atom. The molecule has 3 N–H and O–H groups in total. The molecule has 3 aromatic heterocycles. The van der Waals surface area contributed by atoms with Gasteiger partial charge in [-0.2, -0.15) is 18.3 Å². The molecule has 4 rings (SSSR count). The van der Waals surface area contributed by atoms with Crippen LogP contribution in [0, 0.1) is 6.92 Å². The second kappa shape index (κ2) is 9.29. The SMILES string of the molecule is Cc1ccc(NC(=O)c2cc(C(F)(F)F)cnn2)cc1-c1ccnc(-c2ccnc(C(N)=O)c2)c1. The summed E-state index contributed by atoms with van der Waals surface area (Å²) in [6, 6.07) is 12.5. The van der Waals surface area contributed by atoms with Crippen LogP contribution in [0.1, 0.15) is 32.1 Å². The summed E-state index contributed by atoms with van der Waals surface area (Å²) in [5.41, 5.74) is 7.85. The molecule has 0 aliphatic heterocycles. The molecular weight excluding hydrogens is 461 g/mol. The summed E-state index contributed by atoms with van der Waals surface area (Å²) < 4.78 is 38.8. The van der Waals surface area contributed by atoms with Gasteiger partial charge in [0.1, 0.15) is 5.69 Å². The van der Waals surface area contributed by atoms with Gasteiger partial charge in [-0.3, -0.25) is 19.6 Å². The van der Waals surface area contributed by atoms with E-state index in [-0.39, 0.29) is 5.69 Å². The number of hydrogen-bond acceptors (Lipinski definition) is 6. The number of benzene rings is 1. The van der Waals surface area contributed by atoms with Crippen LogP contribution < -0.4 is 11.1 Å². The Morgan fingerprint density at radius 1 is 0.914 bits per heavy atom. The number of nitrogens with two attached hydrogens (primary N) is 1. The molecule has 0 unspecified atom stereocenters. The number of rotatable bonds is 5. The molecule has 0 radical (unpaired) electrons. The molecule has 8 nitrogen and oxygen atoms in total. The van der Waals surface area contributed by atoms with Gasteiger partial charge in [-0.15, -0.1) is 5.10 Å². The van der Waals surface area contributed by atoms with Gasteiger partial charge < -0.3 is 11.1 Å². The summed E-state index contributed by atoms with van der Waals surface area (Å²) >= 11 is 0. The average Bonchev–Trinajstić information content (AvgIpc) is 2.85. The molecule has 0 saturated carbocycles. The Bertz CT molecular complexity index is 1440. The van der Waals surface area contributed by atoms with E-state index in [0.29, 0.717) is 29.2 Å². The summed E-state index contributed by atoms with van der Waals surface area (Å²) in [6.07, 6.45) is -1.04. The predicted octanol–water partition coefficient (Wildman–Crippen LogP) is 4.28. The maximum atomic E-state index is 12.9. The molecule has 4 aromatic rings. The molecule has 11 heteroatoms. The Morgan fingerprint density at radius 3 is 2.40 bits per heavy atom. The van der Waals surface area contributed by atoms with Crippen molar-refractivity contribution in [2.45, 2.75) is 13.1 Å². The van der Waals surface area contributed by atoms with Crippen LogP contribution in [0.4, 0.5) is 18.9 Å². The standard InChI is InChI=1S/C24H17F3N6O2/c1-13-2-3-17(32-23(35)21-10-16(12-31-33-21)24(25,26)27)11-18(13)14-4-6-29-19(8-14)15-5-7-30-20(9-15)22(28)34/h2-12H,1H3,(H2,28,34)(H,32,35). The number of alkyl halides is 3. The van der Waals surface area contributed by atoms with E-state index in [2.05, 4.69) is 25.5 Å². The van der Waals surface area contributed by atoms with Gasteiger partial charge in [-0.05, 0) is 66.1 Å². The zero-order chi connectivity index (χ0) is 25.2. The summed E-state index contributed by atoms with van der Waals surface area (Å²) in [7, 11) is 0. The van der Waals surface area contributed by atoms with Crippen LogP contribution in [0.25, 0.3) is 22.4 Å². The third-order valence-electron chi connectivity index (χ3n) is 5.09. The van der Waals surface area contributed by atoms with Crippen LogP contribution in [-0.4, -0.2) is 32.0 Å². The second-order valence-electron chi connectivity index (χ2n) is 7.53. The zero-order valence-corrected chi connectivity index (χ0v) is 18.2. The van der Waals surface area contributed by atoms with Crippen LogP contribution in [0.3, 0.4) is 0 Å². The van der Waals surface area contributed by atoms with Crippen molar-refractivity contribution in [1.82, 2.24) is 20.2 Å². The summed E-state index contributed by atoms with van der Waals surface area (Å²) in [4.78, 5) is 32.2. The monoisotopic (exact) mass is 478 g/mol. The van der Waals surface area contributed by atoms with Crippen LogP contribution in [0.2, 0.25) is 0 Å². The van der Waals surface area contributed by atoms with Crippen molar-refractivity contribution in [3.63, 3.8) is 0 Å². The predicted molar refractivity (Wildman–Crippen MR) is 121 cm³/mol. The third kappa shape index (κ3) is 5.29. The fourth-order valence-electron chi connectivity index (χ4n) is 3.32. The first-order chi connectivity index (χ1) is 16.6. The number of anilines is 1. The van der Waals surface area contributed by atoms with Gasteiger partial charge in [0.15, 0.2) is 5.69 Å². The van der Waals surface area contributed by atoms with Gasteiger partial charge in [0, 0.05) is 23.6 Å². The molecule has 2 amide bonds. The number of nitrogens with zero attached hydrogens (tertiary/aromatic N) is 4.